The van der Waals surface area contributed by atoms with Crippen LogP contribution in [0.1, 0.15) is 182 Å². The Morgan fingerprint density at radius 3 is 0.553 bits per heavy atom. The molecule has 0 aromatic heterocycles. The molecule has 0 radical (unpaired) electrons. The molecule has 0 saturated carbocycles. The zero-order chi connectivity index (χ0) is 36.7. The molecule has 0 spiro atoms. The second-order valence-corrected chi connectivity index (χ2v) is 24.3. The molecule has 0 aliphatic heterocycles. The summed E-state index contributed by atoms with van der Waals surface area (Å²) in [4.78, 5) is 0. The van der Waals surface area contributed by atoms with Crippen LogP contribution >= 0.6 is 0 Å². The maximum absolute atomic E-state index is 2.51. The van der Waals surface area contributed by atoms with Gasteiger partial charge in [0.1, 0.15) is 0 Å². The maximum Gasteiger partial charge on any atom is 0.262 e. The summed E-state index contributed by atoms with van der Waals surface area (Å²) in [7, 11) is 0. The van der Waals surface area contributed by atoms with Crippen molar-refractivity contribution in [2.24, 2.45) is 71.0 Å². The van der Waals surface area contributed by atoms with Crippen LogP contribution in [0.25, 0.3) is 0 Å². The monoisotopic (exact) mass is 691 g/mol. The summed E-state index contributed by atoms with van der Waals surface area (Å²) in [6.45, 7) is 44.0. The molecular weight excluding hydrogens is 594 g/mol. The summed E-state index contributed by atoms with van der Waals surface area (Å²) < 4.78 is 0. The summed E-state index contributed by atoms with van der Waals surface area (Å²) in [5, 5.41) is 9.64. The smallest absolute Gasteiger partial charge is 0.0908 e. The lowest BCUT2D eigenvalue weighted by Gasteiger charge is -2.32. The Bertz CT molecular complexity index is 581. The van der Waals surface area contributed by atoms with Crippen LogP contribution in [0, 0.1) is 71.0 Å². The number of rotatable bonds is 27. The van der Waals surface area contributed by atoms with Crippen molar-refractivity contribution in [2.75, 3.05) is 0 Å². The third-order valence-corrected chi connectivity index (χ3v) is 21.8. The van der Waals surface area contributed by atoms with Gasteiger partial charge in [-0.15, -0.1) is 0 Å². The molecule has 0 bridgehead atoms. The molecule has 0 N–H and O–H groups in total. The van der Waals surface area contributed by atoms with Crippen molar-refractivity contribution in [3.8, 4) is 0 Å². The topological polar surface area (TPSA) is 0 Å². The Kier molecular flexibility index (Phi) is 31.6. The third-order valence-electron chi connectivity index (χ3n) is 14.1. The van der Waals surface area contributed by atoms with Crippen molar-refractivity contribution in [3.05, 3.63) is 0 Å². The predicted octanol–water partition coefficient (Wildman–Crippen LogP) is 16.2. The molecule has 0 aliphatic rings. The van der Waals surface area contributed by atoms with Crippen molar-refractivity contribution in [1.82, 2.24) is 0 Å². The molecule has 0 saturated heterocycles. The minimum atomic E-state index is -0.671. The van der Waals surface area contributed by atoms with Crippen LogP contribution in [-0.2, 0) is 0 Å². The Hall–Kier alpha value is 1.06. The average Bonchev–Trinajstić information content (AvgIpc) is 3.06. The summed E-state index contributed by atoms with van der Waals surface area (Å²) in [6.07, 6.45) is 12.5. The Morgan fingerprint density at radius 1 is 0.255 bits per heavy atom. The quantitative estimate of drug-likeness (QED) is 0.0753. The van der Waals surface area contributed by atoms with Gasteiger partial charge in [0.25, 0.3) is 28.3 Å². The van der Waals surface area contributed by atoms with Gasteiger partial charge in [0, 0.05) is 0 Å². The van der Waals surface area contributed by atoms with Crippen LogP contribution in [0.3, 0.4) is 0 Å². The standard InChI is InChI=1S/3C8H17.3C7H15.2Al/c3*1-5-7(3)8(4)6-2;3*1-5-7(4)6(2)3;;/h3*7-8H,3,5-6H2,1-2,4H3;3*6-7H,4-5H2,1-3H3;;. The first-order valence-corrected chi connectivity index (χ1v) is 27.0. The molecule has 47 heavy (non-hydrogen) atoms. The van der Waals surface area contributed by atoms with Crippen LogP contribution in [0.15, 0.2) is 0 Å². The fraction of sp³-hybridized carbons (Fsp3) is 1.00. The summed E-state index contributed by atoms with van der Waals surface area (Å²) in [5.74, 6) is 11.3. The maximum atomic E-state index is 2.51. The predicted molar refractivity (Wildman–Crippen MR) is 226 cm³/mol. The fourth-order valence-corrected chi connectivity index (χ4v) is 20.6. The van der Waals surface area contributed by atoms with Gasteiger partial charge in [-0.25, -0.2) is 0 Å². The van der Waals surface area contributed by atoms with E-state index in [1.54, 1.807) is 31.7 Å². The van der Waals surface area contributed by atoms with Crippen LogP contribution in [0.2, 0.25) is 31.7 Å². The van der Waals surface area contributed by atoms with E-state index in [-0.39, 0.29) is 0 Å². The summed E-state index contributed by atoms with van der Waals surface area (Å²) >= 11 is -1.30. The van der Waals surface area contributed by atoms with Crippen molar-refractivity contribution in [3.63, 3.8) is 0 Å². The minimum Gasteiger partial charge on any atom is -0.0908 e. The lowest BCUT2D eigenvalue weighted by Crippen LogP contribution is -2.29. The highest BCUT2D eigenvalue weighted by Gasteiger charge is 2.32. The lowest BCUT2D eigenvalue weighted by atomic mass is 9.90. The highest BCUT2D eigenvalue weighted by Crippen LogP contribution is 2.36. The molecule has 0 amide bonds. The SMILES string of the molecule is CCC(C)C(CC)[CH2][Al]([CH2]C(CC)C(C)CC)[CH2]C(CC)C(C)CC.CCC([CH2][Al]([CH2]C(CC)C(C)C)[CH2]C(CC)C(C)C)C(C)C. The molecule has 0 aliphatic carbocycles. The van der Waals surface area contributed by atoms with Gasteiger partial charge in [-0.3, -0.25) is 0 Å². The number of hydrogen-bond donors (Lipinski definition) is 0. The van der Waals surface area contributed by atoms with Crippen molar-refractivity contribution in [2.45, 2.75) is 214 Å². The molecule has 2 heteroatoms. The molecule has 0 aromatic rings. The Morgan fingerprint density at radius 2 is 0.426 bits per heavy atom. The van der Waals surface area contributed by atoms with E-state index in [1.807, 2.05) is 0 Å². The van der Waals surface area contributed by atoms with E-state index in [0.717, 1.165) is 71.0 Å². The van der Waals surface area contributed by atoms with Gasteiger partial charge in [0.05, 0.1) is 0 Å². The molecule has 0 heterocycles. The molecule has 0 rings (SSSR count). The molecule has 0 nitrogen and oxygen atoms in total. The highest BCUT2D eigenvalue weighted by molar-refractivity contribution is 6.59. The van der Waals surface area contributed by atoms with Crippen molar-refractivity contribution in [1.29, 1.82) is 0 Å². The molecule has 9 atom stereocenters. The molecule has 0 aromatic carbocycles. The van der Waals surface area contributed by atoms with Gasteiger partial charge in [0.2, 0.25) is 0 Å². The largest absolute Gasteiger partial charge is 0.262 e. The molecule has 9 unspecified atom stereocenters. The van der Waals surface area contributed by atoms with Crippen LogP contribution in [0.4, 0.5) is 0 Å². The minimum absolute atomic E-state index is 0.629. The first-order valence-electron chi connectivity index (χ1n) is 22.1. The van der Waals surface area contributed by atoms with E-state index in [4.69, 9.17) is 0 Å². The molecule has 282 valence electrons. The summed E-state index contributed by atoms with van der Waals surface area (Å²) in [6, 6.07) is 0. The number of hydrogen-bond acceptors (Lipinski definition) is 0. The normalized spacial score (nSPS) is 17.8. The van der Waals surface area contributed by atoms with Gasteiger partial charge in [-0.05, 0) is 35.5 Å². The van der Waals surface area contributed by atoms with E-state index in [9.17, 15) is 0 Å². The first-order chi connectivity index (χ1) is 22.1. The van der Waals surface area contributed by atoms with Crippen molar-refractivity contribution >= 4 is 28.3 Å². The van der Waals surface area contributed by atoms with Gasteiger partial charge in [0.15, 0.2) is 0 Å². The average molecular weight is 691 g/mol. The second-order valence-electron chi connectivity index (χ2n) is 18.0. The molecular formula is C45H96Al2. The lowest BCUT2D eigenvalue weighted by molar-refractivity contribution is 0.338. The van der Waals surface area contributed by atoms with Gasteiger partial charge < -0.3 is 0 Å². The fourth-order valence-electron chi connectivity index (χ4n) is 9.28. The van der Waals surface area contributed by atoms with E-state index < -0.39 is 28.3 Å². The van der Waals surface area contributed by atoms with Crippen molar-refractivity contribution < 1.29 is 0 Å². The second kappa shape index (κ2) is 29.6. The summed E-state index contributed by atoms with van der Waals surface area (Å²) in [5.41, 5.74) is 0. The first kappa shape index (κ1) is 50.2. The van der Waals surface area contributed by atoms with Gasteiger partial charge >= 0.3 is 0 Å². The van der Waals surface area contributed by atoms with Crippen LogP contribution < -0.4 is 0 Å². The third kappa shape index (κ3) is 21.3. The van der Waals surface area contributed by atoms with Crippen LogP contribution in [0.5, 0.6) is 0 Å². The van der Waals surface area contributed by atoms with E-state index in [2.05, 4.69) is 125 Å². The zero-order valence-corrected chi connectivity index (χ0v) is 39.0. The van der Waals surface area contributed by atoms with E-state index in [0.29, 0.717) is 0 Å². The van der Waals surface area contributed by atoms with Crippen LogP contribution in [-0.4, -0.2) is 28.3 Å². The van der Waals surface area contributed by atoms with E-state index in [1.165, 1.54) is 57.8 Å². The Balaban J connectivity index is 0. The zero-order valence-electron chi connectivity index (χ0n) is 36.7. The van der Waals surface area contributed by atoms with Gasteiger partial charge in [-0.2, -0.15) is 0 Å². The highest BCUT2D eigenvalue weighted by atomic mass is 27.2. The Labute approximate surface area is 311 Å². The van der Waals surface area contributed by atoms with Gasteiger partial charge in [-0.1, -0.05) is 250 Å². The van der Waals surface area contributed by atoms with E-state index >= 15 is 0 Å². The molecule has 0 fully saturated rings.